The van der Waals surface area contributed by atoms with Crippen molar-refractivity contribution in [1.29, 1.82) is 0 Å². The summed E-state index contributed by atoms with van der Waals surface area (Å²) < 4.78 is 0. The van der Waals surface area contributed by atoms with E-state index in [1.54, 1.807) is 0 Å². The average Bonchev–Trinajstić information content (AvgIpc) is 2.67. The van der Waals surface area contributed by atoms with Crippen LogP contribution in [0.5, 0.6) is 0 Å². The summed E-state index contributed by atoms with van der Waals surface area (Å²) in [4.78, 5) is 14.5. The third-order valence-corrected chi connectivity index (χ3v) is 5.11. The molecule has 98 valence electrons. The summed E-state index contributed by atoms with van der Waals surface area (Å²) in [6, 6.07) is 12.1. The summed E-state index contributed by atoms with van der Waals surface area (Å²) >= 11 is 3.53. The maximum atomic E-state index is 12.6. The molecule has 0 saturated carbocycles. The first-order valence-corrected chi connectivity index (χ1v) is 7.55. The van der Waals surface area contributed by atoms with Gasteiger partial charge in [-0.3, -0.25) is 4.79 Å². The molecule has 3 heteroatoms. The van der Waals surface area contributed by atoms with E-state index in [2.05, 4.69) is 41.9 Å². The Bertz CT molecular complexity index is 658. The Morgan fingerprint density at radius 3 is 2.53 bits per heavy atom. The Hall–Kier alpha value is -1.35. The van der Waals surface area contributed by atoms with Crippen LogP contribution in [0.25, 0.3) is 10.8 Å². The van der Waals surface area contributed by atoms with Crippen molar-refractivity contribution >= 4 is 38.3 Å². The molecular weight excluding hydrogens is 302 g/mol. The number of benzene rings is 2. The van der Waals surface area contributed by atoms with Crippen LogP contribution in [0.4, 0.5) is 5.69 Å². The van der Waals surface area contributed by atoms with Crippen molar-refractivity contribution in [3.05, 3.63) is 42.0 Å². The van der Waals surface area contributed by atoms with E-state index in [4.69, 9.17) is 0 Å². The van der Waals surface area contributed by atoms with Crippen molar-refractivity contribution in [3.8, 4) is 0 Å². The van der Waals surface area contributed by atoms with Crippen LogP contribution in [0.2, 0.25) is 0 Å². The molecule has 2 nitrogen and oxygen atoms in total. The molecule has 0 bridgehead atoms. The lowest BCUT2D eigenvalue weighted by molar-refractivity contribution is 0.0985. The first-order chi connectivity index (χ1) is 9.03. The Balaban J connectivity index is 2.13. The van der Waals surface area contributed by atoms with Gasteiger partial charge in [0.05, 0.1) is 5.69 Å². The van der Waals surface area contributed by atoms with E-state index in [1.165, 1.54) is 0 Å². The molecule has 1 aliphatic heterocycles. The first-order valence-electron chi connectivity index (χ1n) is 6.43. The van der Waals surface area contributed by atoms with Crippen molar-refractivity contribution in [1.82, 2.24) is 0 Å². The van der Waals surface area contributed by atoms with Crippen LogP contribution in [-0.2, 0) is 0 Å². The Morgan fingerprint density at radius 2 is 1.84 bits per heavy atom. The molecule has 0 spiro atoms. The number of halogens is 1. The zero-order chi connectivity index (χ0) is 13.6. The highest BCUT2D eigenvalue weighted by Gasteiger charge is 2.33. The number of nitrogens with zero attached hydrogens (tertiary/aromatic N) is 1. The SMILES string of the molecule is CC(C)(CBr)CN1C(=O)c2cccc3cccc1c23. The molecule has 1 amide bonds. The lowest BCUT2D eigenvalue weighted by Gasteiger charge is -2.29. The van der Waals surface area contributed by atoms with Gasteiger partial charge < -0.3 is 4.90 Å². The third-order valence-electron chi connectivity index (χ3n) is 3.60. The maximum Gasteiger partial charge on any atom is 0.259 e. The van der Waals surface area contributed by atoms with E-state index in [0.29, 0.717) is 0 Å². The van der Waals surface area contributed by atoms with Crippen LogP contribution in [0.3, 0.4) is 0 Å². The number of amides is 1. The highest BCUT2D eigenvalue weighted by atomic mass is 79.9. The van der Waals surface area contributed by atoms with Gasteiger partial charge in [-0.15, -0.1) is 0 Å². The normalized spacial score (nSPS) is 14.5. The lowest BCUT2D eigenvalue weighted by Crippen LogP contribution is -2.37. The quantitative estimate of drug-likeness (QED) is 0.776. The fourth-order valence-electron chi connectivity index (χ4n) is 2.61. The Kier molecular flexibility index (Phi) is 2.90. The standard InChI is InChI=1S/C16H16BrNO/c1-16(2,9-17)10-18-13-8-4-6-11-5-3-7-12(14(11)13)15(18)19/h3-8H,9-10H2,1-2H3. The number of hydrogen-bond acceptors (Lipinski definition) is 1. The lowest BCUT2D eigenvalue weighted by atomic mass is 9.96. The van der Waals surface area contributed by atoms with Gasteiger partial charge in [0.1, 0.15) is 0 Å². The van der Waals surface area contributed by atoms with Crippen molar-refractivity contribution < 1.29 is 4.79 Å². The van der Waals surface area contributed by atoms with E-state index < -0.39 is 0 Å². The number of rotatable bonds is 3. The highest BCUT2D eigenvalue weighted by molar-refractivity contribution is 9.09. The van der Waals surface area contributed by atoms with Gasteiger partial charge in [-0.2, -0.15) is 0 Å². The van der Waals surface area contributed by atoms with E-state index in [0.717, 1.165) is 33.9 Å². The summed E-state index contributed by atoms with van der Waals surface area (Å²) in [5, 5.41) is 3.11. The van der Waals surface area contributed by atoms with Gasteiger partial charge in [-0.05, 0) is 22.9 Å². The minimum Gasteiger partial charge on any atom is -0.307 e. The number of hydrogen-bond donors (Lipinski definition) is 0. The smallest absolute Gasteiger partial charge is 0.259 e. The molecule has 0 radical (unpaired) electrons. The zero-order valence-corrected chi connectivity index (χ0v) is 12.7. The van der Waals surface area contributed by atoms with Gasteiger partial charge in [0, 0.05) is 22.8 Å². The van der Waals surface area contributed by atoms with E-state index >= 15 is 0 Å². The number of anilines is 1. The van der Waals surface area contributed by atoms with E-state index in [9.17, 15) is 4.79 Å². The van der Waals surface area contributed by atoms with Gasteiger partial charge in [0.25, 0.3) is 5.91 Å². The topological polar surface area (TPSA) is 20.3 Å². The number of carbonyl (C=O) groups is 1. The summed E-state index contributed by atoms with van der Waals surface area (Å²) in [6.07, 6.45) is 0. The van der Waals surface area contributed by atoms with Crippen LogP contribution in [0.1, 0.15) is 24.2 Å². The summed E-state index contributed by atoms with van der Waals surface area (Å²) in [5.74, 6) is 0.126. The minimum atomic E-state index is 0.0554. The Labute approximate surface area is 121 Å². The van der Waals surface area contributed by atoms with Crippen LogP contribution in [-0.4, -0.2) is 17.8 Å². The number of alkyl halides is 1. The monoisotopic (exact) mass is 317 g/mol. The largest absolute Gasteiger partial charge is 0.307 e. The molecule has 2 aromatic rings. The molecule has 0 atom stereocenters. The molecule has 3 rings (SSSR count). The second-order valence-electron chi connectivity index (χ2n) is 5.87. The predicted molar refractivity (Wildman–Crippen MR) is 83.2 cm³/mol. The third kappa shape index (κ3) is 1.96. The van der Waals surface area contributed by atoms with Crippen LogP contribution in [0, 0.1) is 5.41 Å². The average molecular weight is 318 g/mol. The van der Waals surface area contributed by atoms with Gasteiger partial charge in [0.15, 0.2) is 0 Å². The van der Waals surface area contributed by atoms with Gasteiger partial charge >= 0.3 is 0 Å². The van der Waals surface area contributed by atoms with Crippen LogP contribution in [0.15, 0.2) is 36.4 Å². The van der Waals surface area contributed by atoms with E-state index in [1.807, 2.05) is 29.2 Å². The molecule has 19 heavy (non-hydrogen) atoms. The minimum absolute atomic E-state index is 0.0554. The molecule has 0 saturated heterocycles. The van der Waals surface area contributed by atoms with Gasteiger partial charge in [-0.1, -0.05) is 54.0 Å². The van der Waals surface area contributed by atoms with Gasteiger partial charge in [0.2, 0.25) is 0 Å². The highest BCUT2D eigenvalue weighted by Crippen LogP contribution is 2.38. The first kappa shape index (κ1) is 12.7. The summed E-state index contributed by atoms with van der Waals surface area (Å²) in [6.45, 7) is 5.06. The van der Waals surface area contributed by atoms with Crippen molar-refractivity contribution in [2.24, 2.45) is 5.41 Å². The molecule has 0 N–H and O–H groups in total. The van der Waals surface area contributed by atoms with Crippen molar-refractivity contribution in [2.45, 2.75) is 13.8 Å². The molecular formula is C16H16BrNO. The molecule has 2 aromatic carbocycles. The van der Waals surface area contributed by atoms with Crippen molar-refractivity contribution in [2.75, 3.05) is 16.8 Å². The molecule has 0 aliphatic carbocycles. The molecule has 1 heterocycles. The summed E-state index contributed by atoms with van der Waals surface area (Å²) in [7, 11) is 0. The second-order valence-corrected chi connectivity index (χ2v) is 6.43. The fraction of sp³-hybridized carbons (Fsp3) is 0.312. The van der Waals surface area contributed by atoms with Crippen LogP contribution >= 0.6 is 15.9 Å². The molecule has 1 aliphatic rings. The van der Waals surface area contributed by atoms with E-state index in [-0.39, 0.29) is 11.3 Å². The molecule has 0 aromatic heterocycles. The predicted octanol–water partition coefficient (Wildman–Crippen LogP) is 4.22. The fourth-order valence-corrected chi connectivity index (χ4v) is 2.78. The molecule has 0 unspecified atom stereocenters. The van der Waals surface area contributed by atoms with Crippen molar-refractivity contribution in [3.63, 3.8) is 0 Å². The Morgan fingerprint density at radius 1 is 1.16 bits per heavy atom. The maximum absolute atomic E-state index is 12.6. The zero-order valence-electron chi connectivity index (χ0n) is 11.1. The summed E-state index contributed by atoms with van der Waals surface area (Å²) in [5.41, 5.74) is 1.94. The molecule has 0 fully saturated rings. The van der Waals surface area contributed by atoms with Gasteiger partial charge in [-0.25, -0.2) is 0 Å². The second kappa shape index (κ2) is 4.34. The number of carbonyl (C=O) groups excluding carboxylic acids is 1. The van der Waals surface area contributed by atoms with Crippen LogP contribution < -0.4 is 4.90 Å².